The second-order valence-electron chi connectivity index (χ2n) is 7.95. The predicted molar refractivity (Wildman–Crippen MR) is 128 cm³/mol. The molecule has 1 aliphatic rings. The Labute approximate surface area is 203 Å². The number of pyridine rings is 1. The van der Waals surface area contributed by atoms with Crippen molar-refractivity contribution in [2.75, 3.05) is 13.2 Å². The molecule has 1 saturated heterocycles. The maximum atomic E-state index is 12.7. The van der Waals surface area contributed by atoms with Crippen LogP contribution in [0.1, 0.15) is 24.2 Å². The lowest BCUT2D eigenvalue weighted by molar-refractivity contribution is -0.117. The molecule has 0 spiro atoms. The third-order valence-corrected chi connectivity index (χ3v) is 6.98. The van der Waals surface area contributed by atoms with Gasteiger partial charge in [-0.05, 0) is 60.9 Å². The van der Waals surface area contributed by atoms with Gasteiger partial charge in [0.15, 0.2) is 0 Å². The number of furan rings is 1. The van der Waals surface area contributed by atoms with E-state index in [2.05, 4.69) is 15.0 Å². The summed E-state index contributed by atoms with van der Waals surface area (Å²) in [6.07, 6.45) is 5.92. The Kier molecular flexibility index (Phi) is 7.72. The minimum atomic E-state index is -3.64. The van der Waals surface area contributed by atoms with E-state index in [-0.39, 0.29) is 23.1 Å². The van der Waals surface area contributed by atoms with Gasteiger partial charge in [0, 0.05) is 49.8 Å². The Bertz CT molecular complexity index is 1340. The van der Waals surface area contributed by atoms with Gasteiger partial charge in [-0.2, -0.15) is 5.26 Å². The molecule has 35 heavy (non-hydrogen) atoms. The number of nitrogens with one attached hydrogen (secondary N) is 2. The number of carbonyl (C=O) groups excluding carboxylic acids is 1. The van der Waals surface area contributed by atoms with Crippen molar-refractivity contribution >= 4 is 22.0 Å². The van der Waals surface area contributed by atoms with Crippen LogP contribution in [0, 0.1) is 11.3 Å². The highest BCUT2D eigenvalue weighted by Crippen LogP contribution is 2.25. The number of sulfonamides is 1. The van der Waals surface area contributed by atoms with Gasteiger partial charge in [0.05, 0.1) is 4.90 Å². The Morgan fingerprint density at radius 3 is 2.60 bits per heavy atom. The van der Waals surface area contributed by atoms with Crippen LogP contribution < -0.4 is 10.0 Å². The van der Waals surface area contributed by atoms with Crippen molar-refractivity contribution in [3.63, 3.8) is 0 Å². The van der Waals surface area contributed by atoms with Gasteiger partial charge in [-0.15, -0.1) is 0 Å². The number of nitrogens with zero attached hydrogens (tertiary/aromatic N) is 2. The quantitative estimate of drug-likeness (QED) is 0.365. The molecule has 0 radical (unpaired) electrons. The molecule has 4 rings (SSSR count). The smallest absolute Gasteiger partial charge is 0.262 e. The molecule has 1 aromatic carbocycles. The third kappa shape index (κ3) is 6.42. The van der Waals surface area contributed by atoms with Crippen LogP contribution in [0.2, 0.25) is 0 Å². The summed E-state index contributed by atoms with van der Waals surface area (Å²) < 4.78 is 39.1. The summed E-state index contributed by atoms with van der Waals surface area (Å²) in [5.41, 5.74) is 1.37. The van der Waals surface area contributed by atoms with Crippen molar-refractivity contribution in [2.24, 2.45) is 0 Å². The molecule has 1 aliphatic heterocycles. The summed E-state index contributed by atoms with van der Waals surface area (Å²) in [7, 11) is -3.64. The highest BCUT2D eigenvalue weighted by Gasteiger charge is 2.22. The minimum Gasteiger partial charge on any atom is -0.457 e. The fraction of sp³-hybridized carbons (Fsp3) is 0.240. The van der Waals surface area contributed by atoms with Crippen molar-refractivity contribution in [1.29, 1.82) is 5.26 Å². The van der Waals surface area contributed by atoms with Crippen LogP contribution in [-0.2, 0) is 26.1 Å². The van der Waals surface area contributed by atoms with Gasteiger partial charge in [-0.25, -0.2) is 13.1 Å². The van der Waals surface area contributed by atoms with Crippen molar-refractivity contribution in [1.82, 2.24) is 15.0 Å². The molecule has 0 saturated carbocycles. The standard InChI is InChI=1S/C25H24N4O5S/c26-15-20(25(30)28-17-18-2-1-11-27-16-18)14-22-5-8-24(34-22)19-3-6-23(7-4-19)35(31,32)29-21-9-12-33-13-10-21/h1-8,11,14,16,21,29H,9-10,12-13,17H2,(H,28,30)/b20-14+. The first kappa shape index (κ1) is 24.3. The van der Waals surface area contributed by atoms with Crippen LogP contribution in [0.3, 0.4) is 0 Å². The summed E-state index contributed by atoms with van der Waals surface area (Å²) in [5.74, 6) is 0.275. The first-order valence-electron chi connectivity index (χ1n) is 11.0. The van der Waals surface area contributed by atoms with Gasteiger partial charge < -0.3 is 14.5 Å². The van der Waals surface area contributed by atoms with Gasteiger partial charge >= 0.3 is 0 Å². The van der Waals surface area contributed by atoms with Crippen LogP contribution in [0.15, 0.2) is 75.8 Å². The Morgan fingerprint density at radius 2 is 1.91 bits per heavy atom. The zero-order chi connectivity index (χ0) is 24.7. The van der Waals surface area contributed by atoms with Crippen LogP contribution in [-0.4, -0.2) is 38.6 Å². The van der Waals surface area contributed by atoms with Crippen LogP contribution >= 0.6 is 0 Å². The van der Waals surface area contributed by atoms with E-state index in [0.717, 1.165) is 5.56 Å². The first-order chi connectivity index (χ1) is 16.9. The molecular formula is C25H24N4O5S. The van der Waals surface area contributed by atoms with Gasteiger partial charge in [-0.3, -0.25) is 9.78 Å². The van der Waals surface area contributed by atoms with E-state index in [0.29, 0.717) is 43.1 Å². The molecule has 3 heterocycles. The monoisotopic (exact) mass is 492 g/mol. The first-order valence-corrected chi connectivity index (χ1v) is 12.5. The number of rotatable bonds is 8. The lowest BCUT2D eigenvalue weighted by Crippen LogP contribution is -2.38. The van der Waals surface area contributed by atoms with E-state index < -0.39 is 15.9 Å². The zero-order valence-electron chi connectivity index (χ0n) is 18.8. The molecule has 0 bridgehead atoms. The Hall–Kier alpha value is -3.78. The second-order valence-corrected chi connectivity index (χ2v) is 9.66. The van der Waals surface area contributed by atoms with E-state index in [1.165, 1.54) is 18.2 Å². The lowest BCUT2D eigenvalue weighted by atomic mass is 10.1. The van der Waals surface area contributed by atoms with Gasteiger partial charge in [-0.1, -0.05) is 6.07 Å². The largest absolute Gasteiger partial charge is 0.457 e. The molecule has 2 aromatic heterocycles. The SMILES string of the molecule is N#C/C(=C\c1ccc(-c2ccc(S(=O)(=O)NC3CCOCC3)cc2)o1)C(=O)NCc1cccnc1. The molecule has 3 aromatic rings. The number of hydrogen-bond donors (Lipinski definition) is 2. The molecule has 180 valence electrons. The summed E-state index contributed by atoms with van der Waals surface area (Å²) in [6.45, 7) is 1.33. The molecule has 10 heteroatoms. The average molecular weight is 493 g/mol. The maximum absolute atomic E-state index is 12.7. The van der Waals surface area contributed by atoms with Crippen molar-refractivity contribution in [3.8, 4) is 17.4 Å². The van der Waals surface area contributed by atoms with Gasteiger partial charge in [0.2, 0.25) is 10.0 Å². The van der Waals surface area contributed by atoms with E-state index in [4.69, 9.17) is 9.15 Å². The molecule has 9 nitrogen and oxygen atoms in total. The van der Waals surface area contributed by atoms with Crippen LogP contribution in [0.25, 0.3) is 17.4 Å². The van der Waals surface area contributed by atoms with Crippen molar-refractivity contribution < 1.29 is 22.4 Å². The number of hydrogen-bond acceptors (Lipinski definition) is 7. The fourth-order valence-electron chi connectivity index (χ4n) is 3.56. The lowest BCUT2D eigenvalue weighted by Gasteiger charge is -2.22. The maximum Gasteiger partial charge on any atom is 0.262 e. The molecule has 2 N–H and O–H groups in total. The van der Waals surface area contributed by atoms with E-state index >= 15 is 0 Å². The van der Waals surface area contributed by atoms with Crippen molar-refractivity contribution in [3.05, 3.63) is 77.8 Å². The molecule has 0 atom stereocenters. The normalized spacial score (nSPS) is 14.9. The summed E-state index contributed by atoms with van der Waals surface area (Å²) in [5, 5.41) is 12.1. The fourth-order valence-corrected chi connectivity index (χ4v) is 4.86. The Balaban J connectivity index is 1.42. The van der Waals surface area contributed by atoms with Gasteiger partial charge in [0.25, 0.3) is 5.91 Å². The van der Waals surface area contributed by atoms with E-state index in [1.54, 1.807) is 42.7 Å². The van der Waals surface area contributed by atoms with Crippen LogP contribution in [0.5, 0.6) is 0 Å². The van der Waals surface area contributed by atoms with Crippen LogP contribution in [0.4, 0.5) is 0 Å². The summed E-state index contributed by atoms with van der Waals surface area (Å²) >= 11 is 0. The molecule has 0 aliphatic carbocycles. The predicted octanol–water partition coefficient (Wildman–Crippen LogP) is 3.02. The molecule has 0 unspecified atom stereocenters. The zero-order valence-corrected chi connectivity index (χ0v) is 19.6. The summed E-state index contributed by atoms with van der Waals surface area (Å²) in [4.78, 5) is 16.5. The number of ether oxygens (including phenoxy) is 1. The highest BCUT2D eigenvalue weighted by molar-refractivity contribution is 7.89. The highest BCUT2D eigenvalue weighted by atomic mass is 32.2. The van der Waals surface area contributed by atoms with Crippen molar-refractivity contribution in [2.45, 2.75) is 30.3 Å². The minimum absolute atomic E-state index is 0.101. The third-order valence-electron chi connectivity index (χ3n) is 5.45. The molecule has 1 fully saturated rings. The number of benzene rings is 1. The number of carbonyl (C=O) groups is 1. The molecule has 1 amide bonds. The topological polar surface area (TPSA) is 134 Å². The number of nitriles is 1. The summed E-state index contributed by atoms with van der Waals surface area (Å²) in [6, 6.07) is 15.0. The number of aromatic nitrogens is 1. The van der Waals surface area contributed by atoms with E-state index in [1.807, 2.05) is 12.1 Å². The number of amides is 1. The molecular weight excluding hydrogens is 468 g/mol. The average Bonchev–Trinajstić information content (AvgIpc) is 3.35. The van der Waals surface area contributed by atoms with E-state index in [9.17, 15) is 18.5 Å². The Morgan fingerprint density at radius 1 is 1.14 bits per heavy atom. The van der Waals surface area contributed by atoms with Gasteiger partial charge in [0.1, 0.15) is 23.2 Å². The second kappa shape index (κ2) is 11.1.